The zero-order valence-electron chi connectivity index (χ0n) is 10.2. The highest BCUT2D eigenvalue weighted by Gasteiger charge is 2.07. The van der Waals surface area contributed by atoms with Gasteiger partial charge in [0.2, 0.25) is 0 Å². The molecule has 0 amide bonds. The Bertz CT molecular complexity index is 524. The van der Waals surface area contributed by atoms with Crippen LogP contribution in [0.15, 0.2) is 46.9 Å². The molecule has 0 aliphatic heterocycles. The first kappa shape index (κ1) is 13.0. The minimum Gasteiger partial charge on any atom is -0.507 e. The molecule has 3 heteroatoms. The lowest BCUT2D eigenvalue weighted by Crippen LogP contribution is -1.98. The van der Waals surface area contributed by atoms with Crippen LogP contribution in [0.25, 0.3) is 0 Å². The third kappa shape index (κ3) is 3.05. The quantitative estimate of drug-likeness (QED) is 0.912. The maximum Gasteiger partial charge on any atom is 0.133 e. The summed E-state index contributed by atoms with van der Waals surface area (Å²) in [5.74, 6) is 0.942. The number of hydrogen-bond donors (Lipinski definition) is 1. The van der Waals surface area contributed by atoms with Crippen LogP contribution < -0.4 is 4.74 Å². The van der Waals surface area contributed by atoms with Crippen molar-refractivity contribution >= 4 is 15.9 Å². The summed E-state index contributed by atoms with van der Waals surface area (Å²) in [5, 5.41) is 9.69. The highest BCUT2D eigenvalue weighted by molar-refractivity contribution is 9.10. The first-order valence-corrected chi connectivity index (χ1v) is 6.68. The van der Waals surface area contributed by atoms with Crippen LogP contribution >= 0.6 is 15.9 Å². The lowest BCUT2D eigenvalue weighted by molar-refractivity contribution is 0.301. The molecular weight excluding hydrogens is 292 g/mol. The molecule has 0 aliphatic carbocycles. The Morgan fingerprint density at radius 2 is 1.89 bits per heavy atom. The predicted octanol–water partition coefficient (Wildman–Crippen LogP) is 4.30. The highest BCUT2D eigenvalue weighted by Crippen LogP contribution is 2.32. The van der Waals surface area contributed by atoms with Crippen LogP contribution in [0.5, 0.6) is 11.5 Å². The van der Waals surface area contributed by atoms with Crippen molar-refractivity contribution in [3.05, 3.63) is 58.1 Å². The number of aromatic hydroxyl groups is 1. The maximum absolute atomic E-state index is 9.69. The average molecular weight is 307 g/mol. The van der Waals surface area contributed by atoms with Gasteiger partial charge >= 0.3 is 0 Å². The molecule has 0 heterocycles. The Balaban J connectivity index is 2.16. The Hall–Kier alpha value is -1.48. The summed E-state index contributed by atoms with van der Waals surface area (Å²) in [6, 6.07) is 13.5. The molecule has 94 valence electrons. The molecule has 0 aromatic heterocycles. The van der Waals surface area contributed by atoms with Crippen molar-refractivity contribution in [1.82, 2.24) is 0 Å². The second-order valence-electron chi connectivity index (χ2n) is 4.04. The van der Waals surface area contributed by atoms with E-state index in [0.29, 0.717) is 11.1 Å². The van der Waals surface area contributed by atoms with Crippen molar-refractivity contribution in [2.45, 2.75) is 20.0 Å². The Morgan fingerprint density at radius 1 is 1.17 bits per heavy atom. The number of benzene rings is 2. The Kier molecular flexibility index (Phi) is 4.26. The minimum atomic E-state index is 0.204. The maximum atomic E-state index is 9.69. The number of phenols is 1. The van der Waals surface area contributed by atoms with Crippen LogP contribution in [0.1, 0.15) is 18.1 Å². The molecule has 1 N–H and O–H groups in total. The van der Waals surface area contributed by atoms with E-state index in [2.05, 4.69) is 22.9 Å². The zero-order chi connectivity index (χ0) is 13.0. The summed E-state index contributed by atoms with van der Waals surface area (Å²) in [4.78, 5) is 0. The van der Waals surface area contributed by atoms with Crippen molar-refractivity contribution in [2.75, 3.05) is 0 Å². The average Bonchev–Trinajstić information content (AvgIpc) is 2.41. The second kappa shape index (κ2) is 5.91. The van der Waals surface area contributed by atoms with E-state index in [4.69, 9.17) is 4.74 Å². The first-order valence-electron chi connectivity index (χ1n) is 5.88. The number of halogens is 1. The van der Waals surface area contributed by atoms with Gasteiger partial charge in [-0.15, -0.1) is 0 Å². The van der Waals surface area contributed by atoms with E-state index < -0.39 is 0 Å². The fourth-order valence-corrected chi connectivity index (χ4v) is 2.12. The van der Waals surface area contributed by atoms with Gasteiger partial charge in [-0.1, -0.05) is 37.3 Å². The predicted molar refractivity (Wildman–Crippen MR) is 76.0 cm³/mol. The summed E-state index contributed by atoms with van der Waals surface area (Å²) < 4.78 is 6.47. The molecule has 0 aliphatic rings. The van der Waals surface area contributed by atoms with Gasteiger partial charge < -0.3 is 9.84 Å². The molecule has 2 rings (SSSR count). The normalized spacial score (nSPS) is 10.3. The molecule has 18 heavy (non-hydrogen) atoms. The van der Waals surface area contributed by atoms with Crippen LogP contribution in [0, 0.1) is 0 Å². The van der Waals surface area contributed by atoms with E-state index in [1.165, 1.54) is 0 Å². The van der Waals surface area contributed by atoms with Gasteiger partial charge in [0.05, 0.1) is 4.47 Å². The third-order valence-electron chi connectivity index (χ3n) is 2.75. The van der Waals surface area contributed by atoms with E-state index in [9.17, 15) is 5.11 Å². The molecule has 0 saturated heterocycles. The van der Waals surface area contributed by atoms with Crippen LogP contribution in [0.3, 0.4) is 0 Å². The van der Waals surface area contributed by atoms with Gasteiger partial charge in [0.15, 0.2) is 0 Å². The van der Waals surface area contributed by atoms with E-state index in [-0.39, 0.29) is 5.75 Å². The minimum absolute atomic E-state index is 0.204. The summed E-state index contributed by atoms with van der Waals surface area (Å²) in [5.41, 5.74) is 2.19. The molecule has 0 bridgehead atoms. The highest BCUT2D eigenvalue weighted by atomic mass is 79.9. The Labute approximate surface area is 115 Å². The molecule has 2 aromatic rings. The molecular formula is C15H15BrO2. The van der Waals surface area contributed by atoms with Gasteiger partial charge in [0, 0.05) is 6.07 Å². The second-order valence-corrected chi connectivity index (χ2v) is 4.89. The molecule has 0 spiro atoms. The fourth-order valence-electron chi connectivity index (χ4n) is 1.73. The lowest BCUT2D eigenvalue weighted by atomic mass is 10.1. The fraction of sp³-hybridized carbons (Fsp3) is 0.200. The van der Waals surface area contributed by atoms with E-state index in [1.807, 2.05) is 36.4 Å². The van der Waals surface area contributed by atoms with Crippen molar-refractivity contribution in [1.29, 1.82) is 0 Å². The van der Waals surface area contributed by atoms with Crippen LogP contribution in [0.2, 0.25) is 0 Å². The summed E-state index contributed by atoms with van der Waals surface area (Å²) in [7, 11) is 0. The van der Waals surface area contributed by atoms with Gasteiger partial charge in [0.25, 0.3) is 0 Å². The molecule has 0 atom stereocenters. The largest absolute Gasteiger partial charge is 0.507 e. The molecule has 2 aromatic carbocycles. The topological polar surface area (TPSA) is 29.5 Å². The molecule has 0 saturated carbocycles. The number of aryl methyl sites for hydroxylation is 1. The standard InChI is InChI=1S/C15H15BrO2/c1-2-12-8-13(16)14(17)9-15(12)18-10-11-6-4-3-5-7-11/h3-9,17H,2,10H2,1H3. The molecule has 0 unspecified atom stereocenters. The SMILES string of the molecule is CCc1cc(Br)c(O)cc1OCc1ccccc1. The number of hydrogen-bond acceptors (Lipinski definition) is 2. The van der Waals surface area contributed by atoms with E-state index in [1.54, 1.807) is 6.07 Å². The van der Waals surface area contributed by atoms with Gasteiger partial charge in [0.1, 0.15) is 18.1 Å². The van der Waals surface area contributed by atoms with Crippen molar-refractivity contribution in [3.63, 3.8) is 0 Å². The Morgan fingerprint density at radius 3 is 2.56 bits per heavy atom. The number of ether oxygens (including phenoxy) is 1. The van der Waals surface area contributed by atoms with Gasteiger partial charge in [-0.25, -0.2) is 0 Å². The number of phenolic OH excluding ortho intramolecular Hbond substituents is 1. The summed E-state index contributed by atoms with van der Waals surface area (Å²) >= 11 is 3.31. The van der Waals surface area contributed by atoms with E-state index in [0.717, 1.165) is 23.3 Å². The van der Waals surface area contributed by atoms with Crippen LogP contribution in [-0.2, 0) is 13.0 Å². The van der Waals surface area contributed by atoms with Gasteiger partial charge in [-0.05, 0) is 39.5 Å². The number of rotatable bonds is 4. The van der Waals surface area contributed by atoms with Crippen molar-refractivity contribution < 1.29 is 9.84 Å². The summed E-state index contributed by atoms with van der Waals surface area (Å²) in [6.07, 6.45) is 0.864. The first-order chi connectivity index (χ1) is 8.70. The lowest BCUT2D eigenvalue weighted by Gasteiger charge is -2.12. The monoisotopic (exact) mass is 306 g/mol. The van der Waals surface area contributed by atoms with E-state index >= 15 is 0 Å². The van der Waals surface area contributed by atoms with Gasteiger partial charge in [-0.2, -0.15) is 0 Å². The van der Waals surface area contributed by atoms with Crippen molar-refractivity contribution in [3.8, 4) is 11.5 Å². The molecule has 0 radical (unpaired) electrons. The van der Waals surface area contributed by atoms with Crippen molar-refractivity contribution in [2.24, 2.45) is 0 Å². The van der Waals surface area contributed by atoms with Crippen LogP contribution in [0.4, 0.5) is 0 Å². The third-order valence-corrected chi connectivity index (χ3v) is 3.38. The molecule has 0 fully saturated rings. The summed E-state index contributed by atoms with van der Waals surface area (Å²) in [6.45, 7) is 2.57. The van der Waals surface area contributed by atoms with Crippen LogP contribution in [-0.4, -0.2) is 5.11 Å². The zero-order valence-corrected chi connectivity index (χ0v) is 11.8. The molecule has 2 nitrogen and oxygen atoms in total. The smallest absolute Gasteiger partial charge is 0.133 e. The van der Waals surface area contributed by atoms with Gasteiger partial charge in [-0.3, -0.25) is 0 Å².